The number of carbonyl (C=O) groups excluding carboxylic acids is 1. The van der Waals surface area contributed by atoms with Crippen molar-refractivity contribution in [3.63, 3.8) is 0 Å². The first kappa shape index (κ1) is 19.2. The van der Waals surface area contributed by atoms with Crippen molar-refractivity contribution < 1.29 is 9.63 Å². The van der Waals surface area contributed by atoms with E-state index in [2.05, 4.69) is 44.4 Å². The number of piperidine rings is 1. The average molecular weight is 406 g/mol. The van der Waals surface area contributed by atoms with Gasteiger partial charge in [-0.1, -0.05) is 24.3 Å². The Labute approximate surface area is 175 Å². The number of likely N-dealkylation sites (tertiary alicyclic amines) is 1. The molecule has 0 bridgehead atoms. The van der Waals surface area contributed by atoms with E-state index in [1.807, 2.05) is 12.3 Å². The quantitative estimate of drug-likeness (QED) is 0.649. The van der Waals surface area contributed by atoms with Crippen LogP contribution in [0.15, 0.2) is 48.7 Å². The van der Waals surface area contributed by atoms with Crippen LogP contribution in [0.5, 0.6) is 0 Å². The van der Waals surface area contributed by atoms with Gasteiger partial charge in [-0.15, -0.1) is 0 Å². The summed E-state index contributed by atoms with van der Waals surface area (Å²) < 4.78 is 1.79. The van der Waals surface area contributed by atoms with Gasteiger partial charge in [0.05, 0.1) is 11.3 Å². The lowest BCUT2D eigenvalue weighted by atomic mass is 9.80. The minimum Gasteiger partial charge on any atom is -0.370 e. The highest BCUT2D eigenvalue weighted by Gasteiger charge is 2.38. The number of aromatic nitrogens is 2. The van der Waals surface area contributed by atoms with Crippen molar-refractivity contribution in [1.82, 2.24) is 20.0 Å². The van der Waals surface area contributed by atoms with Gasteiger partial charge >= 0.3 is 5.97 Å². The molecule has 1 aromatic heterocycles. The Kier molecular flexibility index (Phi) is 5.02. The predicted molar refractivity (Wildman–Crippen MR) is 115 cm³/mol. The van der Waals surface area contributed by atoms with Crippen molar-refractivity contribution >= 4 is 16.9 Å². The van der Waals surface area contributed by atoms with Crippen LogP contribution in [-0.2, 0) is 11.4 Å². The summed E-state index contributed by atoms with van der Waals surface area (Å²) in [6, 6.07) is 13.9. The number of carbonyl (C=O) groups is 1. The van der Waals surface area contributed by atoms with E-state index in [1.165, 1.54) is 44.5 Å². The van der Waals surface area contributed by atoms with Gasteiger partial charge in [-0.3, -0.25) is 4.90 Å². The standard InChI is InChI=1S/C23H27N5O2/c24-30-22(29)20-4-1-3-18-14-28(26-21(18)20)19-7-5-17(6-8-19)13-27-12-10-23(16-27)9-2-11-25-15-23/h1,3-8,14,25H,2,9-13,15-16,24H2. The molecule has 1 atom stereocenters. The molecule has 3 N–H and O–H groups in total. The molecule has 30 heavy (non-hydrogen) atoms. The average Bonchev–Trinajstić information content (AvgIpc) is 3.38. The van der Waals surface area contributed by atoms with E-state index in [9.17, 15) is 4.79 Å². The van der Waals surface area contributed by atoms with Crippen molar-refractivity contribution in [1.29, 1.82) is 0 Å². The Balaban J connectivity index is 1.31. The summed E-state index contributed by atoms with van der Waals surface area (Å²) in [5.74, 6) is 4.47. The number of fused-ring (bicyclic) bond motifs is 1. The van der Waals surface area contributed by atoms with Gasteiger partial charge in [0.1, 0.15) is 5.52 Å². The molecule has 2 fully saturated rings. The molecule has 2 aromatic carbocycles. The van der Waals surface area contributed by atoms with Gasteiger partial charge in [0.25, 0.3) is 0 Å². The lowest BCUT2D eigenvalue weighted by molar-refractivity contribution is 0.0505. The van der Waals surface area contributed by atoms with E-state index < -0.39 is 5.97 Å². The highest BCUT2D eigenvalue weighted by atomic mass is 16.7. The summed E-state index contributed by atoms with van der Waals surface area (Å²) in [5, 5.41) is 9.03. The number of hydrogen-bond acceptors (Lipinski definition) is 6. The molecule has 0 amide bonds. The lowest BCUT2D eigenvalue weighted by Crippen LogP contribution is -2.41. The van der Waals surface area contributed by atoms with E-state index in [1.54, 1.807) is 16.8 Å². The molecule has 3 aromatic rings. The number of nitrogens with two attached hydrogens (primary N) is 1. The zero-order chi connectivity index (χ0) is 20.6. The number of benzene rings is 2. The Morgan fingerprint density at radius 3 is 2.83 bits per heavy atom. The number of nitrogens with one attached hydrogen (secondary N) is 1. The predicted octanol–water partition coefficient (Wildman–Crippen LogP) is 2.63. The van der Waals surface area contributed by atoms with Crippen molar-refractivity contribution in [2.75, 3.05) is 26.2 Å². The molecule has 1 unspecified atom stereocenters. The van der Waals surface area contributed by atoms with Crippen molar-refractivity contribution in [2.24, 2.45) is 11.3 Å². The molecular formula is C23H27N5O2. The second-order valence-corrected chi connectivity index (χ2v) is 8.63. The highest BCUT2D eigenvalue weighted by Crippen LogP contribution is 2.37. The lowest BCUT2D eigenvalue weighted by Gasteiger charge is -2.34. The molecule has 7 nitrogen and oxygen atoms in total. The molecule has 7 heteroatoms. The molecule has 5 rings (SSSR count). The van der Waals surface area contributed by atoms with Gasteiger partial charge in [0, 0.05) is 31.2 Å². The van der Waals surface area contributed by atoms with Gasteiger partial charge in [0.15, 0.2) is 0 Å². The van der Waals surface area contributed by atoms with Gasteiger partial charge in [-0.05, 0) is 61.5 Å². The molecule has 3 heterocycles. The summed E-state index contributed by atoms with van der Waals surface area (Å²) in [4.78, 5) is 18.9. The molecule has 2 aliphatic heterocycles. The maximum Gasteiger partial charge on any atom is 0.358 e. The van der Waals surface area contributed by atoms with Crippen molar-refractivity contribution in [3.8, 4) is 5.69 Å². The third kappa shape index (κ3) is 3.60. The van der Waals surface area contributed by atoms with Gasteiger partial charge in [-0.2, -0.15) is 11.0 Å². The van der Waals surface area contributed by atoms with Crippen LogP contribution >= 0.6 is 0 Å². The monoisotopic (exact) mass is 405 g/mol. The van der Waals surface area contributed by atoms with Gasteiger partial charge < -0.3 is 10.2 Å². The van der Waals surface area contributed by atoms with Crippen LogP contribution in [0.25, 0.3) is 16.6 Å². The first-order valence-corrected chi connectivity index (χ1v) is 10.6. The first-order chi connectivity index (χ1) is 14.7. The Morgan fingerprint density at radius 1 is 1.20 bits per heavy atom. The van der Waals surface area contributed by atoms with E-state index >= 15 is 0 Å². The fraction of sp³-hybridized carbons (Fsp3) is 0.391. The number of rotatable bonds is 4. The zero-order valence-electron chi connectivity index (χ0n) is 17.0. The largest absolute Gasteiger partial charge is 0.370 e. The van der Waals surface area contributed by atoms with Crippen LogP contribution < -0.4 is 11.2 Å². The Hall–Kier alpha value is -2.74. The van der Waals surface area contributed by atoms with Crippen molar-refractivity contribution in [2.45, 2.75) is 25.8 Å². The molecule has 2 aliphatic rings. The molecule has 1 spiro atoms. The topological polar surface area (TPSA) is 85.4 Å². The Bertz CT molecular complexity index is 1050. The normalized spacial score (nSPS) is 22.0. The van der Waals surface area contributed by atoms with Crippen LogP contribution in [0.3, 0.4) is 0 Å². The second-order valence-electron chi connectivity index (χ2n) is 8.63. The summed E-state index contributed by atoms with van der Waals surface area (Å²) in [5.41, 5.74) is 3.70. The van der Waals surface area contributed by atoms with E-state index in [0.29, 0.717) is 16.5 Å². The SMILES string of the molecule is NOC(=O)c1cccc2cn(-c3ccc(CN4CCC5(CCCNC5)C4)cc3)nc12. The fourth-order valence-corrected chi connectivity index (χ4v) is 4.96. The summed E-state index contributed by atoms with van der Waals surface area (Å²) >= 11 is 0. The molecule has 2 saturated heterocycles. The van der Waals surface area contributed by atoms with Crippen molar-refractivity contribution in [3.05, 3.63) is 59.8 Å². The minimum atomic E-state index is -0.585. The van der Waals surface area contributed by atoms with E-state index in [-0.39, 0.29) is 0 Å². The molecule has 156 valence electrons. The van der Waals surface area contributed by atoms with Gasteiger partial charge in [-0.25, -0.2) is 9.48 Å². The summed E-state index contributed by atoms with van der Waals surface area (Å²) in [7, 11) is 0. The Morgan fingerprint density at radius 2 is 2.07 bits per heavy atom. The van der Waals surface area contributed by atoms with Crippen LogP contribution in [0, 0.1) is 5.41 Å². The van der Waals surface area contributed by atoms with E-state index in [0.717, 1.165) is 24.2 Å². The number of nitrogens with zero attached hydrogens (tertiary/aromatic N) is 3. The smallest absolute Gasteiger partial charge is 0.358 e. The maximum atomic E-state index is 11.9. The van der Waals surface area contributed by atoms with Crippen LogP contribution in [0.4, 0.5) is 0 Å². The first-order valence-electron chi connectivity index (χ1n) is 10.6. The molecule has 0 radical (unpaired) electrons. The summed E-state index contributed by atoms with van der Waals surface area (Å²) in [6.45, 7) is 5.67. The fourth-order valence-electron chi connectivity index (χ4n) is 4.96. The highest BCUT2D eigenvalue weighted by molar-refractivity contribution is 6.02. The zero-order valence-corrected chi connectivity index (χ0v) is 17.0. The third-order valence-corrected chi connectivity index (χ3v) is 6.55. The second kappa shape index (κ2) is 7.83. The summed E-state index contributed by atoms with van der Waals surface area (Å²) in [6.07, 6.45) is 5.86. The number of hydrogen-bond donors (Lipinski definition) is 2. The van der Waals surface area contributed by atoms with Gasteiger partial charge in [0.2, 0.25) is 0 Å². The third-order valence-electron chi connectivity index (χ3n) is 6.55. The maximum absolute atomic E-state index is 11.9. The molecule has 0 saturated carbocycles. The van der Waals surface area contributed by atoms with Crippen LogP contribution in [-0.4, -0.2) is 46.8 Å². The van der Waals surface area contributed by atoms with Crippen LogP contribution in [0.2, 0.25) is 0 Å². The molecular weight excluding hydrogens is 378 g/mol. The molecule has 0 aliphatic carbocycles. The minimum absolute atomic E-state index is 0.366. The van der Waals surface area contributed by atoms with Crippen LogP contribution in [0.1, 0.15) is 35.2 Å². The van der Waals surface area contributed by atoms with E-state index in [4.69, 9.17) is 5.90 Å².